The molecule has 3 heteroatoms. The van der Waals surface area contributed by atoms with Crippen molar-refractivity contribution in [2.45, 2.75) is 66.5 Å². The molecule has 0 radical (unpaired) electrons. The van der Waals surface area contributed by atoms with E-state index < -0.39 is 0 Å². The summed E-state index contributed by atoms with van der Waals surface area (Å²) in [6.07, 6.45) is 1.50. The van der Waals surface area contributed by atoms with E-state index in [4.69, 9.17) is 5.73 Å². The Kier molecular flexibility index (Phi) is 9.72. The Bertz CT molecular complexity index is 398. The summed E-state index contributed by atoms with van der Waals surface area (Å²) >= 11 is 0. The minimum atomic E-state index is -0.197. The first-order valence-corrected chi connectivity index (χ1v) is 8.17. The summed E-state index contributed by atoms with van der Waals surface area (Å²) in [5.74, 6) is 0.514. The predicted octanol–water partition coefficient (Wildman–Crippen LogP) is 4.38. The van der Waals surface area contributed by atoms with Crippen LogP contribution in [0.2, 0.25) is 0 Å². The molecule has 1 aromatic rings. The lowest BCUT2D eigenvalue weighted by atomic mass is 10.0. The van der Waals surface area contributed by atoms with Crippen molar-refractivity contribution in [2.75, 3.05) is 6.54 Å². The van der Waals surface area contributed by atoms with Gasteiger partial charge in [0.25, 0.3) is 5.91 Å². The second kappa shape index (κ2) is 10.4. The first kappa shape index (κ1) is 19.7. The number of hydrogen-bond donors (Lipinski definition) is 1. The fourth-order valence-electron chi connectivity index (χ4n) is 2.06. The largest absolute Gasteiger partial charge is 0.323 e. The fourth-order valence-corrected chi connectivity index (χ4v) is 2.06. The molecule has 0 saturated heterocycles. The first-order chi connectivity index (χ1) is 10.0. The summed E-state index contributed by atoms with van der Waals surface area (Å²) in [5.41, 5.74) is 8.00. The molecule has 21 heavy (non-hydrogen) atoms. The summed E-state index contributed by atoms with van der Waals surface area (Å²) < 4.78 is 0. The van der Waals surface area contributed by atoms with Crippen molar-refractivity contribution >= 4 is 5.91 Å². The first-order valence-electron chi connectivity index (χ1n) is 8.17. The number of carbonyl (C=O) groups excluding carboxylic acids is 1. The Labute approximate surface area is 130 Å². The smallest absolute Gasteiger partial charge is 0.255 e. The molecule has 0 aliphatic rings. The van der Waals surface area contributed by atoms with E-state index >= 15 is 0 Å². The third-order valence-corrected chi connectivity index (χ3v) is 3.37. The van der Waals surface area contributed by atoms with Crippen molar-refractivity contribution in [3.05, 3.63) is 35.4 Å². The Morgan fingerprint density at radius 2 is 1.67 bits per heavy atom. The minimum Gasteiger partial charge on any atom is -0.323 e. The number of amides is 1. The summed E-state index contributed by atoms with van der Waals surface area (Å²) in [6.45, 7) is 13.1. The second-order valence-corrected chi connectivity index (χ2v) is 5.25. The second-order valence-electron chi connectivity index (χ2n) is 5.25. The van der Waals surface area contributed by atoms with Gasteiger partial charge in [-0.05, 0) is 36.5 Å². The van der Waals surface area contributed by atoms with Crippen LogP contribution in [0.5, 0.6) is 0 Å². The van der Waals surface area contributed by atoms with Crippen LogP contribution in [0.4, 0.5) is 0 Å². The van der Waals surface area contributed by atoms with Gasteiger partial charge in [-0.25, -0.2) is 0 Å². The highest BCUT2D eigenvalue weighted by Crippen LogP contribution is 2.16. The van der Waals surface area contributed by atoms with Gasteiger partial charge >= 0.3 is 0 Å². The standard InChI is InChI=1S/C16H26N2O.C2H6/c1-5-11-18(15(17)6-2)16(19)14-9-7-13(8-10-14)12(3)4;1-2/h7-10,12,15H,5-6,11,17H2,1-4H3;1-2H3. The third kappa shape index (κ3) is 5.88. The number of rotatable bonds is 6. The van der Waals surface area contributed by atoms with E-state index in [1.807, 2.05) is 45.0 Å². The van der Waals surface area contributed by atoms with Crippen LogP contribution in [0.3, 0.4) is 0 Å². The average molecular weight is 292 g/mol. The molecule has 0 fully saturated rings. The molecule has 3 nitrogen and oxygen atoms in total. The average Bonchev–Trinajstić information content (AvgIpc) is 2.53. The zero-order chi connectivity index (χ0) is 16.4. The molecular formula is C18H32N2O. The number of carbonyl (C=O) groups is 1. The van der Waals surface area contributed by atoms with E-state index in [0.717, 1.165) is 18.4 Å². The van der Waals surface area contributed by atoms with Crippen LogP contribution >= 0.6 is 0 Å². The Morgan fingerprint density at radius 1 is 1.14 bits per heavy atom. The number of nitrogens with zero attached hydrogens (tertiary/aromatic N) is 1. The molecule has 2 N–H and O–H groups in total. The van der Waals surface area contributed by atoms with E-state index in [1.165, 1.54) is 5.56 Å². The maximum atomic E-state index is 12.5. The summed E-state index contributed by atoms with van der Waals surface area (Å²) in [5, 5.41) is 0. The monoisotopic (exact) mass is 292 g/mol. The number of hydrogen-bond acceptors (Lipinski definition) is 2. The lowest BCUT2D eigenvalue weighted by molar-refractivity contribution is 0.0677. The van der Waals surface area contributed by atoms with Gasteiger partial charge in [0.05, 0.1) is 6.17 Å². The maximum absolute atomic E-state index is 12.5. The highest BCUT2D eigenvalue weighted by Gasteiger charge is 2.19. The Balaban J connectivity index is 0.00000191. The molecule has 0 aliphatic heterocycles. The predicted molar refractivity (Wildman–Crippen MR) is 91.5 cm³/mol. The van der Waals surface area contributed by atoms with E-state index in [9.17, 15) is 4.79 Å². The van der Waals surface area contributed by atoms with Crippen LogP contribution in [0.15, 0.2) is 24.3 Å². The molecule has 0 saturated carbocycles. The van der Waals surface area contributed by atoms with E-state index in [-0.39, 0.29) is 12.1 Å². The molecule has 0 aliphatic carbocycles. The quantitative estimate of drug-likeness (QED) is 0.791. The van der Waals surface area contributed by atoms with Crippen LogP contribution < -0.4 is 5.73 Å². The van der Waals surface area contributed by atoms with Crippen molar-refractivity contribution in [2.24, 2.45) is 5.73 Å². The summed E-state index contributed by atoms with van der Waals surface area (Å²) in [4.78, 5) is 14.2. The zero-order valence-corrected chi connectivity index (χ0v) is 14.5. The Hall–Kier alpha value is -1.35. The highest BCUT2D eigenvalue weighted by molar-refractivity contribution is 5.94. The molecule has 1 rings (SSSR count). The molecule has 1 aromatic carbocycles. The topological polar surface area (TPSA) is 46.3 Å². The van der Waals surface area contributed by atoms with E-state index in [1.54, 1.807) is 4.90 Å². The van der Waals surface area contributed by atoms with Crippen LogP contribution in [0, 0.1) is 0 Å². The molecule has 0 spiro atoms. The zero-order valence-electron chi connectivity index (χ0n) is 14.5. The molecule has 0 heterocycles. The van der Waals surface area contributed by atoms with Gasteiger partial charge in [-0.3, -0.25) is 4.79 Å². The molecule has 0 aromatic heterocycles. The van der Waals surface area contributed by atoms with Crippen molar-refractivity contribution in [1.29, 1.82) is 0 Å². The lowest BCUT2D eigenvalue weighted by Crippen LogP contribution is -2.45. The van der Waals surface area contributed by atoms with Crippen molar-refractivity contribution < 1.29 is 4.79 Å². The van der Waals surface area contributed by atoms with E-state index in [0.29, 0.717) is 12.5 Å². The molecular weight excluding hydrogens is 260 g/mol. The molecule has 1 atom stereocenters. The van der Waals surface area contributed by atoms with Gasteiger partial charge < -0.3 is 10.6 Å². The lowest BCUT2D eigenvalue weighted by Gasteiger charge is -2.28. The van der Waals surface area contributed by atoms with Gasteiger partial charge in [0.2, 0.25) is 0 Å². The van der Waals surface area contributed by atoms with Gasteiger partial charge in [-0.2, -0.15) is 0 Å². The van der Waals surface area contributed by atoms with Gasteiger partial charge in [0.15, 0.2) is 0 Å². The van der Waals surface area contributed by atoms with Gasteiger partial charge in [-0.15, -0.1) is 0 Å². The third-order valence-electron chi connectivity index (χ3n) is 3.37. The molecule has 1 amide bonds. The van der Waals surface area contributed by atoms with Crippen LogP contribution in [0.25, 0.3) is 0 Å². The van der Waals surface area contributed by atoms with E-state index in [2.05, 4.69) is 20.8 Å². The SMILES string of the molecule is CC.CCCN(C(=O)c1ccc(C(C)C)cc1)C(N)CC. The Morgan fingerprint density at radius 3 is 2.05 bits per heavy atom. The maximum Gasteiger partial charge on any atom is 0.255 e. The highest BCUT2D eigenvalue weighted by atomic mass is 16.2. The normalized spacial score (nSPS) is 11.6. The number of benzene rings is 1. The molecule has 0 bridgehead atoms. The van der Waals surface area contributed by atoms with Gasteiger partial charge in [-0.1, -0.05) is 53.7 Å². The number of nitrogens with two attached hydrogens (primary N) is 1. The molecule has 120 valence electrons. The van der Waals surface area contributed by atoms with Crippen LogP contribution in [-0.2, 0) is 0 Å². The van der Waals surface area contributed by atoms with Crippen LogP contribution in [0.1, 0.15) is 76.2 Å². The van der Waals surface area contributed by atoms with Crippen molar-refractivity contribution in [3.8, 4) is 0 Å². The summed E-state index contributed by atoms with van der Waals surface area (Å²) in [6, 6.07) is 7.87. The van der Waals surface area contributed by atoms with Gasteiger partial charge in [0.1, 0.15) is 0 Å². The van der Waals surface area contributed by atoms with Crippen molar-refractivity contribution in [3.63, 3.8) is 0 Å². The van der Waals surface area contributed by atoms with Gasteiger partial charge in [0, 0.05) is 12.1 Å². The van der Waals surface area contributed by atoms with Crippen LogP contribution in [-0.4, -0.2) is 23.5 Å². The molecule has 1 unspecified atom stereocenters. The minimum absolute atomic E-state index is 0.0338. The summed E-state index contributed by atoms with van der Waals surface area (Å²) in [7, 11) is 0. The van der Waals surface area contributed by atoms with Crippen molar-refractivity contribution in [1.82, 2.24) is 4.90 Å². The fraction of sp³-hybridized carbons (Fsp3) is 0.611.